The number of fused-ring (bicyclic) bond motifs is 1. The molecule has 2 rings (SSSR count). The Morgan fingerprint density at radius 1 is 1.60 bits per heavy atom. The highest BCUT2D eigenvalue weighted by Gasteiger charge is 2.10. The van der Waals surface area contributed by atoms with E-state index in [2.05, 4.69) is 26.5 Å². The number of rotatable bonds is 3. The van der Waals surface area contributed by atoms with Gasteiger partial charge in [0.2, 0.25) is 5.82 Å². The fourth-order valence-electron chi connectivity index (χ4n) is 1.17. The molecule has 2 aromatic rings. The molecule has 0 radical (unpaired) electrons. The number of aromatic amines is 1. The molecule has 0 amide bonds. The molecule has 2 heterocycles. The first kappa shape index (κ1) is 9.32. The van der Waals surface area contributed by atoms with E-state index < -0.39 is 5.97 Å². The summed E-state index contributed by atoms with van der Waals surface area (Å²) >= 11 is 0. The van der Waals surface area contributed by atoms with Gasteiger partial charge in [-0.25, -0.2) is 19.7 Å². The molecular weight excluding hydrogens is 196 g/mol. The van der Waals surface area contributed by atoms with Crippen molar-refractivity contribution in [3.05, 3.63) is 30.5 Å². The monoisotopic (exact) mass is 204 g/mol. The van der Waals surface area contributed by atoms with Gasteiger partial charge in [0.05, 0.1) is 6.20 Å². The molecule has 0 fully saturated rings. The molecule has 0 aliphatic carbocycles. The van der Waals surface area contributed by atoms with Crippen molar-refractivity contribution in [3.63, 3.8) is 0 Å². The number of carbonyl (C=O) groups is 1. The number of aromatic nitrogens is 4. The van der Waals surface area contributed by atoms with Crippen molar-refractivity contribution < 1.29 is 9.90 Å². The van der Waals surface area contributed by atoms with Gasteiger partial charge in [0, 0.05) is 6.42 Å². The molecule has 0 bridgehead atoms. The molecule has 2 N–H and O–H groups in total. The second kappa shape index (κ2) is 3.49. The average molecular weight is 204 g/mol. The van der Waals surface area contributed by atoms with E-state index in [4.69, 9.17) is 5.11 Å². The number of carboxylic acids is 1. The number of aromatic carboxylic acids is 1. The van der Waals surface area contributed by atoms with Crippen LogP contribution in [0.3, 0.4) is 0 Å². The summed E-state index contributed by atoms with van der Waals surface area (Å²) in [5.74, 6) is -0.672. The molecule has 0 spiro atoms. The second-order valence-electron chi connectivity index (χ2n) is 2.91. The van der Waals surface area contributed by atoms with Gasteiger partial charge in [-0.1, -0.05) is 6.08 Å². The summed E-state index contributed by atoms with van der Waals surface area (Å²) in [5.41, 5.74) is 0.875. The normalized spacial score (nSPS) is 10.4. The topological polar surface area (TPSA) is 91.8 Å². The van der Waals surface area contributed by atoms with Gasteiger partial charge in [-0.05, 0) is 0 Å². The lowest BCUT2D eigenvalue weighted by Gasteiger charge is -1.92. The molecule has 6 heteroatoms. The number of nitrogens with zero attached hydrogens (tertiary/aromatic N) is 3. The van der Waals surface area contributed by atoms with Crippen molar-refractivity contribution >= 4 is 17.1 Å². The smallest absolute Gasteiger partial charge is 0.371 e. The fraction of sp³-hybridized carbons (Fsp3) is 0.111. The number of carboxylic acid groups (broad SMARTS) is 1. The van der Waals surface area contributed by atoms with E-state index in [9.17, 15) is 4.79 Å². The van der Waals surface area contributed by atoms with Gasteiger partial charge in [-0.15, -0.1) is 6.58 Å². The summed E-state index contributed by atoms with van der Waals surface area (Å²) in [6.45, 7) is 3.57. The lowest BCUT2D eigenvalue weighted by Crippen LogP contribution is -1.97. The molecule has 0 saturated carbocycles. The average Bonchev–Trinajstić information content (AvgIpc) is 2.61. The summed E-state index contributed by atoms with van der Waals surface area (Å²) < 4.78 is 0. The molecule has 76 valence electrons. The Balaban J connectivity index is 2.51. The summed E-state index contributed by atoms with van der Waals surface area (Å²) in [5, 5.41) is 8.70. The van der Waals surface area contributed by atoms with Crippen molar-refractivity contribution in [1.82, 2.24) is 19.9 Å². The van der Waals surface area contributed by atoms with Crippen molar-refractivity contribution in [2.75, 3.05) is 0 Å². The van der Waals surface area contributed by atoms with Gasteiger partial charge in [-0.3, -0.25) is 0 Å². The van der Waals surface area contributed by atoms with Crippen LogP contribution in [0.5, 0.6) is 0 Å². The van der Waals surface area contributed by atoms with Crippen LogP contribution in [-0.4, -0.2) is 31.0 Å². The fourth-order valence-corrected chi connectivity index (χ4v) is 1.17. The first-order valence-corrected chi connectivity index (χ1v) is 4.26. The van der Waals surface area contributed by atoms with Crippen LogP contribution in [0.1, 0.15) is 16.4 Å². The number of imidazole rings is 1. The second-order valence-corrected chi connectivity index (χ2v) is 2.91. The van der Waals surface area contributed by atoms with Crippen molar-refractivity contribution in [1.29, 1.82) is 0 Å². The molecule has 0 aliphatic heterocycles. The van der Waals surface area contributed by atoms with Gasteiger partial charge < -0.3 is 10.1 Å². The van der Waals surface area contributed by atoms with Crippen LogP contribution in [0.25, 0.3) is 11.2 Å². The van der Waals surface area contributed by atoms with Crippen LogP contribution in [-0.2, 0) is 6.42 Å². The Hall–Kier alpha value is -2.24. The van der Waals surface area contributed by atoms with Crippen LogP contribution >= 0.6 is 0 Å². The Morgan fingerprint density at radius 2 is 2.40 bits per heavy atom. The highest BCUT2D eigenvalue weighted by molar-refractivity contribution is 5.87. The molecule has 0 atom stereocenters. The minimum atomic E-state index is -1.11. The lowest BCUT2D eigenvalue weighted by atomic mass is 10.4. The molecule has 0 unspecified atom stereocenters. The largest absolute Gasteiger partial charge is 0.475 e. The SMILES string of the molecule is C=CCc1ncc2[nH]c(C(=O)O)nc2n1. The van der Waals surface area contributed by atoms with Crippen molar-refractivity contribution in [2.24, 2.45) is 0 Å². The predicted molar refractivity (Wildman–Crippen MR) is 52.5 cm³/mol. The van der Waals surface area contributed by atoms with E-state index in [-0.39, 0.29) is 5.82 Å². The Morgan fingerprint density at radius 3 is 3.07 bits per heavy atom. The summed E-state index contributed by atoms with van der Waals surface area (Å²) in [7, 11) is 0. The quantitative estimate of drug-likeness (QED) is 0.721. The van der Waals surface area contributed by atoms with Crippen LogP contribution in [0, 0.1) is 0 Å². The van der Waals surface area contributed by atoms with E-state index in [0.29, 0.717) is 23.4 Å². The van der Waals surface area contributed by atoms with E-state index in [1.807, 2.05) is 0 Å². The molecule has 0 aliphatic rings. The van der Waals surface area contributed by atoms with Gasteiger partial charge in [0.15, 0.2) is 5.65 Å². The first-order chi connectivity index (χ1) is 7.20. The number of hydrogen-bond acceptors (Lipinski definition) is 4. The molecule has 6 nitrogen and oxygen atoms in total. The highest BCUT2D eigenvalue weighted by atomic mass is 16.4. The third-order valence-electron chi connectivity index (χ3n) is 1.82. The van der Waals surface area contributed by atoms with Gasteiger partial charge >= 0.3 is 5.97 Å². The van der Waals surface area contributed by atoms with Gasteiger partial charge in [0.1, 0.15) is 11.3 Å². The van der Waals surface area contributed by atoms with E-state index >= 15 is 0 Å². The maximum atomic E-state index is 10.6. The van der Waals surface area contributed by atoms with Gasteiger partial charge in [0.25, 0.3) is 0 Å². The molecule has 0 saturated heterocycles. The summed E-state index contributed by atoms with van der Waals surface area (Å²) in [6.07, 6.45) is 3.72. The Kier molecular flexibility index (Phi) is 2.17. The molecule has 0 aromatic carbocycles. The maximum Gasteiger partial charge on any atom is 0.371 e. The number of hydrogen-bond donors (Lipinski definition) is 2. The van der Waals surface area contributed by atoms with Crippen molar-refractivity contribution in [3.8, 4) is 0 Å². The van der Waals surface area contributed by atoms with Crippen LogP contribution in [0.15, 0.2) is 18.9 Å². The lowest BCUT2D eigenvalue weighted by molar-refractivity contribution is 0.0685. The first-order valence-electron chi connectivity index (χ1n) is 4.26. The van der Waals surface area contributed by atoms with Crippen LogP contribution in [0.2, 0.25) is 0 Å². The maximum absolute atomic E-state index is 10.6. The molecular formula is C9H8N4O2. The summed E-state index contributed by atoms with van der Waals surface area (Å²) in [6, 6.07) is 0. The van der Waals surface area contributed by atoms with Gasteiger partial charge in [-0.2, -0.15) is 0 Å². The standard InChI is InChI=1S/C9H8N4O2/c1-2-3-6-10-4-5-7(12-6)13-8(11-5)9(14)15/h2,4H,1,3H2,(H,14,15)(H,10,11,12,13). The third kappa shape index (κ3) is 1.69. The summed E-state index contributed by atoms with van der Waals surface area (Å²) in [4.78, 5) is 25.1. The number of allylic oxidation sites excluding steroid dienone is 1. The molecule has 2 aromatic heterocycles. The minimum Gasteiger partial charge on any atom is -0.475 e. The third-order valence-corrected chi connectivity index (χ3v) is 1.82. The number of H-pyrrole nitrogens is 1. The zero-order valence-electron chi connectivity index (χ0n) is 7.77. The Bertz CT molecular complexity index is 532. The molecule has 15 heavy (non-hydrogen) atoms. The predicted octanol–water partition coefficient (Wildman–Crippen LogP) is 0.780. The van der Waals surface area contributed by atoms with E-state index in [1.54, 1.807) is 6.08 Å². The minimum absolute atomic E-state index is 0.130. The highest BCUT2D eigenvalue weighted by Crippen LogP contribution is 2.08. The Labute approximate surface area is 84.7 Å². The number of nitrogens with one attached hydrogen (secondary N) is 1. The van der Waals surface area contributed by atoms with Crippen molar-refractivity contribution in [2.45, 2.75) is 6.42 Å². The van der Waals surface area contributed by atoms with E-state index in [1.165, 1.54) is 6.20 Å². The van der Waals surface area contributed by atoms with Crippen LogP contribution < -0.4 is 0 Å². The zero-order valence-corrected chi connectivity index (χ0v) is 7.77. The zero-order chi connectivity index (χ0) is 10.8. The van der Waals surface area contributed by atoms with Crippen LogP contribution in [0.4, 0.5) is 0 Å². The van der Waals surface area contributed by atoms with E-state index in [0.717, 1.165) is 0 Å².